The molecule has 1 aliphatic carbocycles. The van der Waals surface area contributed by atoms with Gasteiger partial charge in [0.1, 0.15) is 5.41 Å². The normalized spacial score (nSPS) is 15.7. The lowest BCUT2D eigenvalue weighted by atomic mass is 9.73. The van der Waals surface area contributed by atoms with Gasteiger partial charge in [-0.3, -0.25) is 14.4 Å². The second-order valence-corrected chi connectivity index (χ2v) is 6.17. The third kappa shape index (κ3) is 2.01. The van der Waals surface area contributed by atoms with Gasteiger partial charge in [0, 0.05) is 15.6 Å². The van der Waals surface area contributed by atoms with Gasteiger partial charge >= 0.3 is 0 Å². The van der Waals surface area contributed by atoms with Gasteiger partial charge in [-0.2, -0.15) is 0 Å². The molecule has 0 atom stereocenters. The van der Waals surface area contributed by atoms with E-state index in [0.717, 1.165) is 4.47 Å². The molecule has 110 valence electrons. The summed E-state index contributed by atoms with van der Waals surface area (Å²) in [6.45, 7) is 0. The molecule has 2 N–H and O–H groups in total. The van der Waals surface area contributed by atoms with Gasteiger partial charge in [-0.15, -0.1) is 0 Å². The second kappa shape index (κ2) is 5.18. The van der Waals surface area contributed by atoms with Gasteiger partial charge in [0.15, 0.2) is 11.6 Å². The summed E-state index contributed by atoms with van der Waals surface area (Å²) in [5.74, 6) is -1.42. The molecule has 0 spiro atoms. The van der Waals surface area contributed by atoms with E-state index in [1.807, 2.05) is 0 Å². The van der Waals surface area contributed by atoms with E-state index in [1.165, 1.54) is 0 Å². The Morgan fingerprint density at radius 2 is 1.45 bits per heavy atom. The third-order valence-electron chi connectivity index (χ3n) is 3.97. The fourth-order valence-electron chi connectivity index (χ4n) is 2.96. The van der Waals surface area contributed by atoms with Crippen LogP contribution in [0.3, 0.4) is 0 Å². The van der Waals surface area contributed by atoms with E-state index in [-0.39, 0.29) is 18.0 Å². The molecular weight excluding hydrogens is 346 g/mol. The first-order valence-electron chi connectivity index (χ1n) is 6.70. The molecule has 22 heavy (non-hydrogen) atoms. The minimum atomic E-state index is -1.55. The fraction of sp³-hybridized carbons (Fsp3) is 0.118. The molecule has 0 aliphatic heterocycles. The van der Waals surface area contributed by atoms with Crippen LogP contribution in [-0.2, 0) is 10.2 Å². The molecule has 0 bridgehead atoms. The number of hydrogen-bond acceptors (Lipinski definition) is 3. The largest absolute Gasteiger partial charge is 0.370 e. The van der Waals surface area contributed by atoms with Crippen molar-refractivity contribution in [3.8, 4) is 0 Å². The molecule has 0 unspecified atom stereocenters. The summed E-state index contributed by atoms with van der Waals surface area (Å²) in [4.78, 5) is 37.4. The lowest BCUT2D eigenvalue weighted by Crippen LogP contribution is -2.42. The highest BCUT2D eigenvalue weighted by Crippen LogP contribution is 2.42. The number of carbonyl (C=O) groups is 3. The number of fused-ring (bicyclic) bond motifs is 1. The maximum Gasteiger partial charge on any atom is 0.219 e. The average Bonchev–Trinajstić information content (AvgIpc) is 2.71. The van der Waals surface area contributed by atoms with Crippen LogP contribution in [0.5, 0.6) is 0 Å². The summed E-state index contributed by atoms with van der Waals surface area (Å²) in [5, 5.41) is 0. The molecule has 0 heterocycles. The highest BCUT2D eigenvalue weighted by atomic mass is 79.9. The van der Waals surface area contributed by atoms with Gasteiger partial charge in [-0.05, 0) is 17.7 Å². The van der Waals surface area contributed by atoms with Crippen molar-refractivity contribution in [2.75, 3.05) is 0 Å². The van der Waals surface area contributed by atoms with Gasteiger partial charge in [0.2, 0.25) is 5.91 Å². The summed E-state index contributed by atoms with van der Waals surface area (Å²) in [5.41, 5.74) is 4.96. The monoisotopic (exact) mass is 357 g/mol. The van der Waals surface area contributed by atoms with E-state index in [2.05, 4.69) is 15.9 Å². The van der Waals surface area contributed by atoms with Crippen molar-refractivity contribution < 1.29 is 14.4 Å². The Bertz CT molecular complexity index is 761. The summed E-state index contributed by atoms with van der Waals surface area (Å²) in [6.07, 6.45) is -0.332. The molecule has 0 saturated heterocycles. The van der Waals surface area contributed by atoms with Crippen LogP contribution in [0.15, 0.2) is 53.0 Å². The van der Waals surface area contributed by atoms with Crippen molar-refractivity contribution >= 4 is 33.4 Å². The van der Waals surface area contributed by atoms with Crippen molar-refractivity contribution in [3.05, 3.63) is 69.7 Å². The van der Waals surface area contributed by atoms with Crippen molar-refractivity contribution in [2.45, 2.75) is 11.8 Å². The number of hydrogen-bond donors (Lipinski definition) is 1. The van der Waals surface area contributed by atoms with E-state index in [0.29, 0.717) is 16.7 Å². The van der Waals surface area contributed by atoms with E-state index < -0.39 is 11.3 Å². The molecule has 0 radical (unpaired) electrons. The SMILES string of the molecule is NC(=O)CC1(c2ccc(Br)cc2)C(=O)c2ccccc2C1=O. The number of amides is 1. The Morgan fingerprint density at radius 3 is 1.91 bits per heavy atom. The zero-order chi connectivity index (χ0) is 15.9. The Kier molecular flexibility index (Phi) is 3.45. The first kappa shape index (κ1) is 14.7. The predicted octanol–water partition coefficient (Wildman–Crippen LogP) is 2.64. The van der Waals surface area contributed by atoms with E-state index in [9.17, 15) is 14.4 Å². The maximum absolute atomic E-state index is 12.9. The van der Waals surface area contributed by atoms with Crippen LogP contribution in [0.1, 0.15) is 32.7 Å². The Morgan fingerprint density at radius 1 is 0.955 bits per heavy atom. The molecule has 0 saturated carbocycles. The molecule has 3 rings (SSSR count). The van der Waals surface area contributed by atoms with Crippen LogP contribution in [0.25, 0.3) is 0 Å². The van der Waals surface area contributed by atoms with E-state index in [1.54, 1.807) is 48.5 Å². The van der Waals surface area contributed by atoms with Gasteiger partial charge in [0.25, 0.3) is 0 Å². The number of Topliss-reactive ketones (excluding diaryl/α,β-unsaturated/α-hetero) is 2. The first-order chi connectivity index (χ1) is 10.5. The number of benzene rings is 2. The summed E-state index contributed by atoms with van der Waals surface area (Å²) >= 11 is 3.32. The molecule has 1 aliphatic rings. The Balaban J connectivity index is 2.25. The molecule has 2 aromatic rings. The number of ketones is 2. The minimum absolute atomic E-state index is 0.332. The number of primary amides is 1. The van der Waals surface area contributed by atoms with Crippen molar-refractivity contribution in [3.63, 3.8) is 0 Å². The van der Waals surface area contributed by atoms with E-state index >= 15 is 0 Å². The van der Waals surface area contributed by atoms with Crippen molar-refractivity contribution in [2.24, 2.45) is 5.73 Å². The third-order valence-corrected chi connectivity index (χ3v) is 4.50. The first-order valence-corrected chi connectivity index (χ1v) is 7.49. The fourth-order valence-corrected chi connectivity index (χ4v) is 3.23. The standard InChI is InChI=1S/C17H12BrNO3/c18-11-7-5-10(6-8-11)17(9-14(19)20)15(21)12-3-1-2-4-13(12)16(17)22/h1-8H,9H2,(H2,19,20). The molecule has 1 amide bonds. The molecular formula is C17H12BrNO3. The van der Waals surface area contributed by atoms with Gasteiger partial charge in [0.05, 0.1) is 6.42 Å². The topological polar surface area (TPSA) is 77.2 Å². The molecule has 4 nitrogen and oxygen atoms in total. The minimum Gasteiger partial charge on any atom is -0.370 e. The molecule has 5 heteroatoms. The smallest absolute Gasteiger partial charge is 0.219 e. The molecule has 0 fully saturated rings. The lowest BCUT2D eigenvalue weighted by molar-refractivity contribution is -0.118. The van der Waals surface area contributed by atoms with Crippen LogP contribution in [0.4, 0.5) is 0 Å². The van der Waals surface area contributed by atoms with Crippen LogP contribution >= 0.6 is 15.9 Å². The van der Waals surface area contributed by atoms with Crippen LogP contribution in [-0.4, -0.2) is 17.5 Å². The number of nitrogens with two attached hydrogens (primary N) is 1. The number of carbonyl (C=O) groups excluding carboxylic acids is 3. The van der Waals surface area contributed by atoms with Crippen LogP contribution < -0.4 is 5.73 Å². The molecule has 0 aromatic heterocycles. The van der Waals surface area contributed by atoms with Gasteiger partial charge < -0.3 is 5.73 Å². The molecule has 2 aromatic carbocycles. The van der Waals surface area contributed by atoms with Crippen LogP contribution in [0, 0.1) is 0 Å². The predicted molar refractivity (Wildman–Crippen MR) is 84.7 cm³/mol. The summed E-state index contributed by atoms with van der Waals surface area (Å²) in [7, 11) is 0. The zero-order valence-electron chi connectivity index (χ0n) is 11.5. The summed E-state index contributed by atoms with van der Waals surface area (Å²) < 4.78 is 0.820. The highest BCUT2D eigenvalue weighted by Gasteiger charge is 2.54. The lowest BCUT2D eigenvalue weighted by Gasteiger charge is -2.25. The number of rotatable bonds is 3. The van der Waals surface area contributed by atoms with Crippen molar-refractivity contribution in [1.82, 2.24) is 0 Å². The van der Waals surface area contributed by atoms with Crippen LogP contribution in [0.2, 0.25) is 0 Å². The van der Waals surface area contributed by atoms with Gasteiger partial charge in [-0.1, -0.05) is 52.3 Å². The Labute approximate surface area is 135 Å². The highest BCUT2D eigenvalue weighted by molar-refractivity contribution is 9.10. The zero-order valence-corrected chi connectivity index (χ0v) is 13.1. The average molecular weight is 358 g/mol. The van der Waals surface area contributed by atoms with Crippen molar-refractivity contribution in [1.29, 1.82) is 0 Å². The quantitative estimate of drug-likeness (QED) is 0.857. The Hall–Kier alpha value is -2.27. The maximum atomic E-state index is 12.9. The summed E-state index contributed by atoms with van der Waals surface area (Å²) in [6, 6.07) is 13.4. The second-order valence-electron chi connectivity index (χ2n) is 5.26. The van der Waals surface area contributed by atoms with Gasteiger partial charge in [-0.25, -0.2) is 0 Å². The van der Waals surface area contributed by atoms with E-state index in [4.69, 9.17) is 5.73 Å². The number of halogens is 1.